The molecule has 3 amide bonds. The number of thioether (sulfide) groups is 1. The molecule has 5 rings (SSSR count). The van der Waals surface area contributed by atoms with Gasteiger partial charge in [-0.25, -0.2) is 4.39 Å². The number of amides is 3. The Bertz CT molecular complexity index is 1420. The van der Waals surface area contributed by atoms with Crippen molar-refractivity contribution in [1.82, 2.24) is 14.7 Å². The van der Waals surface area contributed by atoms with E-state index >= 15 is 0 Å². The number of nitrogens with zero attached hydrogens (tertiary/aromatic N) is 3. The monoisotopic (exact) mass is 545 g/mol. The zero-order valence-electron chi connectivity index (χ0n) is 21.5. The Morgan fingerprint density at radius 3 is 2.41 bits per heavy atom. The number of piperazine rings is 1. The number of carbonyl (C=O) groups is 3. The van der Waals surface area contributed by atoms with Gasteiger partial charge in [0, 0.05) is 43.9 Å². The molecule has 0 saturated carbocycles. The number of hydrogen-bond acceptors (Lipinski definition) is 6. The maximum atomic E-state index is 14.0. The fourth-order valence-electron chi connectivity index (χ4n) is 4.63. The molecule has 0 spiro atoms. The lowest BCUT2D eigenvalue weighted by Gasteiger charge is -2.34. The van der Waals surface area contributed by atoms with Gasteiger partial charge in [-0.1, -0.05) is 42.5 Å². The van der Waals surface area contributed by atoms with Gasteiger partial charge >= 0.3 is 0 Å². The van der Waals surface area contributed by atoms with E-state index in [9.17, 15) is 18.8 Å². The molecule has 2 fully saturated rings. The molecule has 0 atom stereocenters. The Balaban J connectivity index is 1.20. The van der Waals surface area contributed by atoms with Crippen molar-refractivity contribution in [2.24, 2.45) is 0 Å². The largest absolute Gasteiger partial charge is 0.497 e. The molecule has 200 valence electrons. The third-order valence-electron chi connectivity index (χ3n) is 6.82. The van der Waals surface area contributed by atoms with Crippen molar-refractivity contribution in [3.63, 3.8) is 0 Å². The van der Waals surface area contributed by atoms with Gasteiger partial charge in [-0.2, -0.15) is 0 Å². The number of carbonyl (C=O) groups excluding carboxylic acids is 3. The van der Waals surface area contributed by atoms with Crippen molar-refractivity contribution in [3.05, 3.63) is 106 Å². The third-order valence-corrected chi connectivity index (χ3v) is 7.72. The van der Waals surface area contributed by atoms with E-state index in [1.165, 1.54) is 11.6 Å². The normalized spacial score (nSPS) is 17.2. The lowest BCUT2D eigenvalue weighted by Crippen LogP contribution is -2.48. The molecule has 0 bridgehead atoms. The standard InChI is InChI=1S/C30H28FN3O4S/c1-38-25-11-9-21(10-12-25)19-32-13-15-33(16-14-32)28(35)23-7-4-5-22(17-23)18-27-29(36)34(30(37)39-27)20-24-6-2-3-8-26(24)31/h2-12,17-18H,13-16,19-20H2,1H3/b27-18-. The summed E-state index contributed by atoms with van der Waals surface area (Å²) < 4.78 is 19.3. The molecule has 9 heteroatoms. The maximum absolute atomic E-state index is 14.0. The van der Waals surface area contributed by atoms with E-state index in [0.29, 0.717) is 24.2 Å². The first-order chi connectivity index (χ1) is 18.9. The van der Waals surface area contributed by atoms with Gasteiger partial charge in [0.2, 0.25) is 0 Å². The smallest absolute Gasteiger partial charge is 0.293 e. The highest BCUT2D eigenvalue weighted by Gasteiger charge is 2.35. The van der Waals surface area contributed by atoms with Crippen LogP contribution in [-0.2, 0) is 17.9 Å². The van der Waals surface area contributed by atoms with Crippen molar-refractivity contribution in [2.75, 3.05) is 33.3 Å². The molecule has 0 radical (unpaired) electrons. The van der Waals surface area contributed by atoms with Crippen LogP contribution in [0.4, 0.5) is 9.18 Å². The summed E-state index contributed by atoms with van der Waals surface area (Å²) in [7, 11) is 1.65. The third kappa shape index (κ3) is 6.21. The number of benzene rings is 3. The summed E-state index contributed by atoms with van der Waals surface area (Å²) in [4.78, 5) is 44.1. The van der Waals surface area contributed by atoms with Crippen LogP contribution >= 0.6 is 11.8 Å². The van der Waals surface area contributed by atoms with Crippen LogP contribution in [0.5, 0.6) is 5.75 Å². The summed E-state index contributed by atoms with van der Waals surface area (Å²) in [6, 6.07) is 21.1. The fraction of sp³-hybridized carbons (Fsp3) is 0.233. The summed E-state index contributed by atoms with van der Waals surface area (Å²) in [5, 5.41) is -0.450. The van der Waals surface area contributed by atoms with Crippen LogP contribution in [-0.4, -0.2) is 65.0 Å². The predicted octanol–water partition coefficient (Wildman–Crippen LogP) is 5.03. The average Bonchev–Trinajstić information content (AvgIpc) is 3.22. The molecule has 0 unspecified atom stereocenters. The summed E-state index contributed by atoms with van der Waals surface area (Å²) in [6.45, 7) is 3.46. The number of methoxy groups -OCH3 is 1. The van der Waals surface area contributed by atoms with Crippen LogP contribution in [0.15, 0.2) is 77.7 Å². The van der Waals surface area contributed by atoms with Gasteiger partial charge in [0.1, 0.15) is 11.6 Å². The SMILES string of the molecule is COc1ccc(CN2CCN(C(=O)c3cccc(/C=C4\SC(=O)N(Cc5ccccc5F)C4=O)c3)CC2)cc1. The molecule has 3 aromatic carbocycles. The first kappa shape index (κ1) is 26.6. The molecule has 2 aliphatic rings. The van der Waals surface area contributed by atoms with Crippen molar-refractivity contribution in [2.45, 2.75) is 13.1 Å². The van der Waals surface area contributed by atoms with Gasteiger partial charge in [0.25, 0.3) is 17.1 Å². The van der Waals surface area contributed by atoms with Gasteiger partial charge in [0.05, 0.1) is 18.6 Å². The molecule has 2 heterocycles. The lowest BCUT2D eigenvalue weighted by atomic mass is 10.1. The van der Waals surface area contributed by atoms with Gasteiger partial charge < -0.3 is 9.64 Å². The number of ether oxygens (including phenoxy) is 1. The topological polar surface area (TPSA) is 70.2 Å². The van der Waals surface area contributed by atoms with E-state index in [1.807, 2.05) is 17.0 Å². The van der Waals surface area contributed by atoms with E-state index in [0.717, 1.165) is 42.0 Å². The molecule has 2 saturated heterocycles. The Morgan fingerprint density at radius 1 is 0.949 bits per heavy atom. The number of halogens is 1. The number of imide groups is 1. The maximum Gasteiger partial charge on any atom is 0.293 e. The molecule has 2 aliphatic heterocycles. The van der Waals surface area contributed by atoms with Crippen LogP contribution in [0, 0.1) is 5.82 Å². The van der Waals surface area contributed by atoms with E-state index in [2.05, 4.69) is 17.0 Å². The summed E-state index contributed by atoms with van der Waals surface area (Å²) in [6.07, 6.45) is 1.61. The Labute approximate surface area is 230 Å². The Hall–Kier alpha value is -3.95. The number of hydrogen-bond donors (Lipinski definition) is 0. The van der Waals surface area contributed by atoms with Gasteiger partial charge in [0.15, 0.2) is 0 Å². The zero-order chi connectivity index (χ0) is 27.4. The highest BCUT2D eigenvalue weighted by Crippen LogP contribution is 2.33. The van der Waals surface area contributed by atoms with Crippen molar-refractivity contribution in [3.8, 4) is 5.75 Å². The molecule has 0 aliphatic carbocycles. The van der Waals surface area contributed by atoms with Crippen molar-refractivity contribution >= 4 is 34.9 Å². The van der Waals surface area contributed by atoms with E-state index in [1.54, 1.807) is 55.7 Å². The Kier molecular flexibility index (Phi) is 8.09. The Morgan fingerprint density at radius 2 is 1.69 bits per heavy atom. The fourth-order valence-corrected chi connectivity index (χ4v) is 5.47. The average molecular weight is 546 g/mol. The summed E-state index contributed by atoms with van der Waals surface area (Å²) in [5.41, 5.74) is 2.65. The van der Waals surface area contributed by atoms with Crippen molar-refractivity contribution < 1.29 is 23.5 Å². The summed E-state index contributed by atoms with van der Waals surface area (Å²) in [5.74, 6) is -0.178. The molecular weight excluding hydrogens is 517 g/mol. The van der Waals surface area contributed by atoms with Gasteiger partial charge in [-0.05, 0) is 59.3 Å². The molecule has 0 N–H and O–H groups in total. The number of rotatable bonds is 7. The molecule has 3 aromatic rings. The van der Waals surface area contributed by atoms with E-state index in [-0.39, 0.29) is 22.9 Å². The second-order valence-electron chi connectivity index (χ2n) is 9.40. The molecular formula is C30H28FN3O4S. The first-order valence-corrected chi connectivity index (χ1v) is 13.5. The minimum Gasteiger partial charge on any atom is -0.497 e. The van der Waals surface area contributed by atoms with Crippen LogP contribution in [0.1, 0.15) is 27.0 Å². The minimum atomic E-state index is -0.474. The molecule has 7 nitrogen and oxygen atoms in total. The second kappa shape index (κ2) is 11.8. The lowest BCUT2D eigenvalue weighted by molar-refractivity contribution is -0.123. The second-order valence-corrected chi connectivity index (χ2v) is 10.4. The van der Waals surface area contributed by atoms with Gasteiger partial charge in [-0.3, -0.25) is 24.2 Å². The minimum absolute atomic E-state index is 0.0676. The van der Waals surface area contributed by atoms with Crippen molar-refractivity contribution in [1.29, 1.82) is 0 Å². The highest BCUT2D eigenvalue weighted by molar-refractivity contribution is 8.18. The zero-order valence-corrected chi connectivity index (χ0v) is 22.3. The predicted molar refractivity (Wildman–Crippen MR) is 149 cm³/mol. The molecule has 0 aromatic heterocycles. The van der Waals surface area contributed by atoms with Crippen LogP contribution in [0.3, 0.4) is 0 Å². The summed E-state index contributed by atoms with van der Waals surface area (Å²) >= 11 is 0.815. The molecule has 39 heavy (non-hydrogen) atoms. The van der Waals surface area contributed by atoms with E-state index in [4.69, 9.17) is 4.74 Å². The van der Waals surface area contributed by atoms with Crippen LogP contribution in [0.2, 0.25) is 0 Å². The van der Waals surface area contributed by atoms with Crippen LogP contribution < -0.4 is 4.74 Å². The highest BCUT2D eigenvalue weighted by atomic mass is 32.2. The van der Waals surface area contributed by atoms with E-state index < -0.39 is 17.0 Å². The van der Waals surface area contributed by atoms with Crippen LogP contribution in [0.25, 0.3) is 6.08 Å². The first-order valence-electron chi connectivity index (χ1n) is 12.6. The van der Waals surface area contributed by atoms with Gasteiger partial charge in [-0.15, -0.1) is 0 Å². The quantitative estimate of drug-likeness (QED) is 0.388.